The fraction of sp³-hybridized carbons (Fsp3) is 1.00. The van der Waals surface area contributed by atoms with Crippen molar-refractivity contribution in [3.05, 3.63) is 0 Å². The average molecular weight is 234 g/mol. The molecule has 0 aliphatic rings. The van der Waals surface area contributed by atoms with Crippen LogP contribution < -0.4 is 0 Å². The molecule has 0 heterocycles. The van der Waals surface area contributed by atoms with Gasteiger partial charge in [-0.3, -0.25) is 0 Å². The van der Waals surface area contributed by atoms with E-state index in [1.807, 2.05) is 0 Å². The largest absolute Gasteiger partial charge is 0.245 e. The highest BCUT2D eigenvalue weighted by atomic mass is 19.3. The van der Waals surface area contributed by atoms with Gasteiger partial charge in [-0.1, -0.05) is 52.9 Å². The molecule has 2 atom stereocenters. The van der Waals surface area contributed by atoms with Gasteiger partial charge in [-0.25, -0.2) is 8.78 Å². The third-order valence-corrected chi connectivity index (χ3v) is 3.53. The summed E-state index contributed by atoms with van der Waals surface area (Å²) in [6, 6.07) is 0. The second kappa shape index (κ2) is 8.03. The predicted molar refractivity (Wildman–Crippen MR) is 66.9 cm³/mol. The first-order valence-corrected chi connectivity index (χ1v) is 6.78. The maximum absolute atomic E-state index is 12.7. The average Bonchev–Trinajstić information content (AvgIpc) is 2.17. The number of unbranched alkanes of at least 4 members (excludes halogenated alkanes) is 1. The second-order valence-corrected chi connectivity index (χ2v) is 5.25. The summed E-state index contributed by atoms with van der Waals surface area (Å²) in [5, 5.41) is 0. The Bertz CT molecular complexity index is 161. The molecule has 0 nitrogen and oxygen atoms in total. The summed E-state index contributed by atoms with van der Waals surface area (Å²) in [7, 11) is 0. The van der Waals surface area contributed by atoms with Crippen molar-refractivity contribution in [1.29, 1.82) is 0 Å². The van der Waals surface area contributed by atoms with Gasteiger partial charge in [0.1, 0.15) is 0 Å². The molecule has 0 aliphatic carbocycles. The summed E-state index contributed by atoms with van der Waals surface area (Å²) in [6.45, 7) is 7.66. The zero-order valence-electron chi connectivity index (χ0n) is 11.4. The topological polar surface area (TPSA) is 0 Å². The van der Waals surface area contributed by atoms with Gasteiger partial charge in [-0.15, -0.1) is 0 Å². The molecule has 0 aliphatic heterocycles. The van der Waals surface area contributed by atoms with Crippen LogP contribution in [0.15, 0.2) is 0 Å². The molecule has 0 aromatic heterocycles. The Labute approximate surface area is 99.8 Å². The fourth-order valence-corrected chi connectivity index (χ4v) is 2.33. The van der Waals surface area contributed by atoms with Crippen molar-refractivity contribution in [1.82, 2.24) is 0 Å². The van der Waals surface area contributed by atoms with E-state index in [0.717, 1.165) is 19.3 Å². The van der Waals surface area contributed by atoms with Crippen molar-refractivity contribution in [3.8, 4) is 0 Å². The molecule has 0 rings (SSSR count). The van der Waals surface area contributed by atoms with Crippen LogP contribution in [0.25, 0.3) is 0 Å². The van der Waals surface area contributed by atoms with Crippen LogP contribution in [0.3, 0.4) is 0 Å². The van der Waals surface area contributed by atoms with Gasteiger partial charge in [0, 0.05) is 6.42 Å². The van der Waals surface area contributed by atoms with E-state index in [9.17, 15) is 8.78 Å². The summed E-state index contributed by atoms with van der Waals surface area (Å²) in [6.07, 6.45) is 6.60. The van der Waals surface area contributed by atoms with Crippen molar-refractivity contribution >= 4 is 0 Å². The van der Waals surface area contributed by atoms with Crippen LogP contribution >= 0.6 is 0 Å². The lowest BCUT2D eigenvalue weighted by molar-refractivity contribution is 0.00887. The van der Waals surface area contributed by atoms with Crippen molar-refractivity contribution < 1.29 is 8.78 Å². The smallest absolute Gasteiger partial charge is 0.207 e. The summed E-state index contributed by atoms with van der Waals surface area (Å²) in [5.74, 6) is -1.16. The summed E-state index contributed by atoms with van der Waals surface area (Å²) in [4.78, 5) is 0. The quantitative estimate of drug-likeness (QED) is 0.482. The van der Waals surface area contributed by atoms with Crippen LogP contribution in [0.1, 0.15) is 72.6 Å². The lowest BCUT2D eigenvalue weighted by atomic mass is 9.84. The van der Waals surface area contributed by atoms with E-state index < -0.39 is 5.92 Å². The lowest BCUT2D eigenvalue weighted by Crippen LogP contribution is -2.14. The molecule has 0 saturated heterocycles. The van der Waals surface area contributed by atoms with Gasteiger partial charge in [0.25, 0.3) is 0 Å². The zero-order valence-corrected chi connectivity index (χ0v) is 11.4. The van der Waals surface area contributed by atoms with Gasteiger partial charge in [0.15, 0.2) is 0 Å². The Morgan fingerprint density at radius 3 is 2.12 bits per heavy atom. The lowest BCUT2D eigenvalue weighted by Gasteiger charge is -2.23. The van der Waals surface area contributed by atoms with E-state index in [1.165, 1.54) is 25.7 Å². The molecule has 2 unspecified atom stereocenters. The van der Waals surface area contributed by atoms with Crippen LogP contribution in [0.2, 0.25) is 0 Å². The number of alkyl halides is 2. The molecule has 0 spiro atoms. The van der Waals surface area contributed by atoms with Crippen molar-refractivity contribution in [3.63, 3.8) is 0 Å². The highest BCUT2D eigenvalue weighted by molar-refractivity contribution is 4.67. The normalized spacial score (nSPS) is 16.1. The third kappa shape index (κ3) is 8.06. The molecule has 98 valence electrons. The van der Waals surface area contributed by atoms with Crippen molar-refractivity contribution in [2.45, 2.75) is 78.6 Å². The maximum atomic E-state index is 12.7. The van der Waals surface area contributed by atoms with Crippen molar-refractivity contribution in [2.24, 2.45) is 11.8 Å². The van der Waals surface area contributed by atoms with Gasteiger partial charge < -0.3 is 0 Å². The number of rotatable bonds is 9. The Morgan fingerprint density at radius 1 is 1.06 bits per heavy atom. The van der Waals surface area contributed by atoms with Crippen molar-refractivity contribution in [2.75, 3.05) is 0 Å². The van der Waals surface area contributed by atoms with Gasteiger partial charge in [0.05, 0.1) is 0 Å². The minimum absolute atomic E-state index is 0.0432. The Kier molecular flexibility index (Phi) is 7.96. The second-order valence-electron chi connectivity index (χ2n) is 5.25. The third-order valence-electron chi connectivity index (χ3n) is 3.53. The van der Waals surface area contributed by atoms with Gasteiger partial charge in [-0.05, 0) is 25.2 Å². The van der Waals surface area contributed by atoms with E-state index in [1.54, 1.807) is 0 Å². The zero-order chi connectivity index (χ0) is 12.6. The molecule has 0 N–H and O–H groups in total. The first-order chi connectivity index (χ1) is 7.40. The SMILES string of the molecule is CCCCC(CC)C(C)CCCC(C)(F)F. The number of hydrogen-bond donors (Lipinski definition) is 0. The number of hydrogen-bond acceptors (Lipinski definition) is 0. The van der Waals surface area contributed by atoms with Crippen LogP contribution in [0.4, 0.5) is 8.78 Å². The Balaban J connectivity index is 3.79. The summed E-state index contributed by atoms with van der Waals surface area (Å²) < 4.78 is 25.3. The first kappa shape index (κ1) is 15.9. The first-order valence-electron chi connectivity index (χ1n) is 6.78. The minimum Gasteiger partial charge on any atom is -0.207 e. The van der Waals surface area contributed by atoms with E-state index in [0.29, 0.717) is 12.3 Å². The summed E-state index contributed by atoms with van der Waals surface area (Å²) in [5.41, 5.74) is 0. The molecular formula is C14H28F2. The minimum atomic E-state index is -2.48. The molecule has 0 fully saturated rings. The highest BCUT2D eigenvalue weighted by Gasteiger charge is 2.21. The standard InChI is InChI=1S/C14H28F2/c1-5-7-10-13(6-2)12(3)9-8-11-14(4,15)16/h12-13H,5-11H2,1-4H3. The molecule has 0 radical (unpaired) electrons. The molecule has 0 saturated carbocycles. The van der Waals surface area contributed by atoms with Crippen LogP contribution in [-0.4, -0.2) is 5.92 Å². The van der Waals surface area contributed by atoms with Gasteiger partial charge in [-0.2, -0.15) is 0 Å². The van der Waals surface area contributed by atoms with E-state index in [-0.39, 0.29) is 6.42 Å². The van der Waals surface area contributed by atoms with E-state index in [2.05, 4.69) is 20.8 Å². The van der Waals surface area contributed by atoms with Crippen LogP contribution in [0.5, 0.6) is 0 Å². The molecule has 0 bridgehead atoms. The highest BCUT2D eigenvalue weighted by Crippen LogP contribution is 2.28. The molecule has 0 aromatic carbocycles. The molecule has 16 heavy (non-hydrogen) atoms. The van der Waals surface area contributed by atoms with E-state index >= 15 is 0 Å². The maximum Gasteiger partial charge on any atom is 0.245 e. The Hall–Kier alpha value is -0.140. The summed E-state index contributed by atoms with van der Waals surface area (Å²) >= 11 is 0. The molecular weight excluding hydrogens is 206 g/mol. The fourth-order valence-electron chi connectivity index (χ4n) is 2.33. The number of halogens is 2. The Morgan fingerprint density at radius 2 is 1.69 bits per heavy atom. The predicted octanol–water partition coefficient (Wildman–Crippen LogP) is 5.66. The van der Waals surface area contributed by atoms with Gasteiger partial charge in [0.2, 0.25) is 5.92 Å². The molecule has 2 heteroatoms. The van der Waals surface area contributed by atoms with Crippen LogP contribution in [-0.2, 0) is 0 Å². The van der Waals surface area contributed by atoms with Gasteiger partial charge >= 0.3 is 0 Å². The van der Waals surface area contributed by atoms with Crippen LogP contribution in [0, 0.1) is 11.8 Å². The van der Waals surface area contributed by atoms with E-state index in [4.69, 9.17) is 0 Å². The molecule has 0 aromatic rings. The monoisotopic (exact) mass is 234 g/mol. The molecule has 0 amide bonds.